The van der Waals surface area contributed by atoms with Crippen LogP contribution in [0.5, 0.6) is 5.88 Å². The quantitative estimate of drug-likeness (QED) is 0.652. The highest BCUT2D eigenvalue weighted by molar-refractivity contribution is 6.33. The predicted octanol–water partition coefficient (Wildman–Crippen LogP) is 3.93. The highest BCUT2D eigenvalue weighted by Gasteiger charge is 2.49. The lowest BCUT2D eigenvalue weighted by Crippen LogP contribution is -2.57. The number of carbonyl (C=O) groups is 2. The van der Waals surface area contributed by atoms with Crippen molar-refractivity contribution in [3.8, 4) is 17.1 Å². The van der Waals surface area contributed by atoms with Crippen LogP contribution >= 0.6 is 11.6 Å². The molecule has 0 spiro atoms. The fraction of sp³-hybridized carbons (Fsp3) is 0.615. The first-order valence-electron chi connectivity index (χ1n) is 12.8. The zero-order valence-electron chi connectivity index (χ0n) is 20.0. The standard InChI is InChI=1S/C26H32ClN5O3/c1-35-23-11-19(20(27)13-28-23)21-12-22(31-30-21)26(34)32-4-2-16(3-5-32)25(33)29-24-17-7-14-6-15(9-17)10-18(24)8-14/h11-18,24H,2-10H2,1H3,(H,29,33)(H,30,31). The zero-order valence-corrected chi connectivity index (χ0v) is 20.8. The summed E-state index contributed by atoms with van der Waals surface area (Å²) in [6, 6.07) is 3.77. The van der Waals surface area contributed by atoms with Crippen LogP contribution in [-0.4, -0.2) is 58.1 Å². The third kappa shape index (κ3) is 4.30. The molecule has 7 rings (SSSR count). The minimum absolute atomic E-state index is 0.0170. The van der Waals surface area contributed by atoms with Crippen molar-refractivity contribution in [3.05, 3.63) is 29.0 Å². The van der Waals surface area contributed by atoms with Gasteiger partial charge in [0.1, 0.15) is 5.69 Å². The van der Waals surface area contributed by atoms with Crippen LogP contribution < -0.4 is 10.1 Å². The molecule has 0 aromatic carbocycles. The molecule has 4 saturated carbocycles. The van der Waals surface area contributed by atoms with E-state index in [2.05, 4.69) is 20.5 Å². The Bertz CT molecular complexity index is 1100. The van der Waals surface area contributed by atoms with E-state index in [1.54, 1.807) is 17.0 Å². The number of carbonyl (C=O) groups excluding carboxylic acids is 2. The van der Waals surface area contributed by atoms with Gasteiger partial charge in [0.2, 0.25) is 11.8 Å². The third-order valence-corrected chi connectivity index (χ3v) is 9.11. The van der Waals surface area contributed by atoms with Crippen LogP contribution in [0.4, 0.5) is 0 Å². The minimum Gasteiger partial charge on any atom is -0.481 e. The molecule has 2 aromatic rings. The molecule has 0 radical (unpaired) electrons. The van der Waals surface area contributed by atoms with Crippen LogP contribution in [0.25, 0.3) is 11.3 Å². The highest BCUT2D eigenvalue weighted by Crippen LogP contribution is 2.53. The van der Waals surface area contributed by atoms with Crippen LogP contribution in [-0.2, 0) is 4.79 Å². The third-order valence-electron chi connectivity index (χ3n) is 8.81. The molecule has 2 aromatic heterocycles. The van der Waals surface area contributed by atoms with Gasteiger partial charge in [0.25, 0.3) is 5.91 Å². The molecular formula is C26H32ClN5O3. The number of halogens is 1. The molecule has 0 atom stereocenters. The molecule has 1 saturated heterocycles. The lowest BCUT2D eigenvalue weighted by molar-refractivity contribution is -0.130. The van der Waals surface area contributed by atoms with Gasteiger partial charge in [-0.05, 0) is 74.7 Å². The molecule has 1 aliphatic heterocycles. The van der Waals surface area contributed by atoms with Gasteiger partial charge in [-0.2, -0.15) is 5.10 Å². The van der Waals surface area contributed by atoms with Gasteiger partial charge in [0.05, 0.1) is 24.0 Å². The number of ether oxygens (including phenoxy) is 1. The Morgan fingerprint density at radius 3 is 2.43 bits per heavy atom. The Morgan fingerprint density at radius 2 is 1.77 bits per heavy atom. The van der Waals surface area contributed by atoms with E-state index in [9.17, 15) is 9.59 Å². The Labute approximate surface area is 210 Å². The molecule has 5 fully saturated rings. The molecule has 8 nitrogen and oxygen atoms in total. The van der Waals surface area contributed by atoms with Crippen molar-refractivity contribution in [2.75, 3.05) is 20.2 Å². The molecule has 186 valence electrons. The number of pyridine rings is 1. The first-order valence-corrected chi connectivity index (χ1v) is 13.2. The summed E-state index contributed by atoms with van der Waals surface area (Å²) in [6.07, 6.45) is 9.51. The molecule has 2 amide bonds. The van der Waals surface area contributed by atoms with Gasteiger partial charge in [-0.1, -0.05) is 11.6 Å². The largest absolute Gasteiger partial charge is 0.481 e. The second-order valence-corrected chi connectivity index (χ2v) is 11.3. The van der Waals surface area contributed by atoms with Gasteiger partial charge in [0.15, 0.2) is 0 Å². The number of rotatable bonds is 5. The predicted molar refractivity (Wildman–Crippen MR) is 131 cm³/mol. The molecule has 5 aliphatic rings. The molecule has 0 unspecified atom stereocenters. The number of nitrogens with zero attached hydrogens (tertiary/aromatic N) is 3. The second-order valence-electron chi connectivity index (χ2n) is 10.9. The zero-order chi connectivity index (χ0) is 24.1. The maximum atomic E-state index is 13.1. The molecule has 9 heteroatoms. The number of aromatic nitrogens is 3. The summed E-state index contributed by atoms with van der Waals surface area (Å²) in [6.45, 7) is 1.13. The molecule has 2 N–H and O–H groups in total. The van der Waals surface area contributed by atoms with Gasteiger partial charge < -0.3 is 15.0 Å². The van der Waals surface area contributed by atoms with E-state index < -0.39 is 0 Å². The Hall–Kier alpha value is -2.61. The van der Waals surface area contributed by atoms with E-state index in [-0.39, 0.29) is 17.7 Å². The monoisotopic (exact) mass is 497 g/mol. The normalized spacial score (nSPS) is 29.9. The number of piperidine rings is 1. The second kappa shape index (κ2) is 9.12. The number of amides is 2. The lowest BCUT2D eigenvalue weighted by atomic mass is 9.54. The fourth-order valence-electron chi connectivity index (χ4n) is 7.25. The van der Waals surface area contributed by atoms with Gasteiger partial charge in [0, 0.05) is 36.7 Å². The SMILES string of the molecule is COc1cc(-c2cc(C(=O)N3CCC(C(=O)NC4C5CC6CC(C5)CC4C6)CC3)[nH]n2)c(Cl)cn1. The van der Waals surface area contributed by atoms with E-state index in [0.717, 1.165) is 11.8 Å². The van der Waals surface area contributed by atoms with Crippen molar-refractivity contribution >= 4 is 23.4 Å². The smallest absolute Gasteiger partial charge is 0.271 e. The van der Waals surface area contributed by atoms with Crippen molar-refractivity contribution in [3.63, 3.8) is 0 Å². The van der Waals surface area contributed by atoms with Crippen LogP contribution in [0.15, 0.2) is 18.3 Å². The first-order chi connectivity index (χ1) is 17.0. The average Bonchev–Trinajstić information content (AvgIpc) is 3.36. The number of nitrogens with one attached hydrogen (secondary N) is 2. The summed E-state index contributed by atoms with van der Waals surface area (Å²) in [5.74, 6) is 3.66. The Balaban J connectivity index is 1.05. The Kier molecular flexibility index (Phi) is 5.95. The Morgan fingerprint density at radius 1 is 1.09 bits per heavy atom. The summed E-state index contributed by atoms with van der Waals surface area (Å²) in [7, 11) is 1.53. The van der Waals surface area contributed by atoms with Gasteiger partial charge in [-0.25, -0.2) is 4.98 Å². The van der Waals surface area contributed by atoms with Gasteiger partial charge >= 0.3 is 0 Å². The number of hydrogen-bond acceptors (Lipinski definition) is 5. The number of methoxy groups -OCH3 is 1. The fourth-order valence-corrected chi connectivity index (χ4v) is 7.45. The van der Waals surface area contributed by atoms with Crippen molar-refractivity contribution in [2.45, 2.75) is 51.0 Å². The molecule has 4 bridgehead atoms. The van der Waals surface area contributed by atoms with Crippen molar-refractivity contribution < 1.29 is 14.3 Å². The van der Waals surface area contributed by atoms with Crippen molar-refractivity contribution in [2.24, 2.45) is 29.6 Å². The number of H-pyrrole nitrogens is 1. The van der Waals surface area contributed by atoms with Gasteiger partial charge in [-0.3, -0.25) is 14.7 Å². The maximum Gasteiger partial charge on any atom is 0.271 e. The van der Waals surface area contributed by atoms with E-state index >= 15 is 0 Å². The summed E-state index contributed by atoms with van der Waals surface area (Å²) in [4.78, 5) is 32.1. The summed E-state index contributed by atoms with van der Waals surface area (Å²) < 4.78 is 5.17. The van der Waals surface area contributed by atoms with E-state index in [4.69, 9.17) is 16.3 Å². The molecule has 3 heterocycles. The van der Waals surface area contributed by atoms with E-state index in [0.29, 0.717) is 71.7 Å². The summed E-state index contributed by atoms with van der Waals surface area (Å²) in [5, 5.41) is 11.0. The van der Waals surface area contributed by atoms with Gasteiger partial charge in [-0.15, -0.1) is 0 Å². The summed E-state index contributed by atoms with van der Waals surface area (Å²) in [5.41, 5.74) is 1.61. The topological polar surface area (TPSA) is 100 Å². The van der Waals surface area contributed by atoms with Crippen LogP contribution in [0.2, 0.25) is 5.02 Å². The van der Waals surface area contributed by atoms with E-state index in [1.807, 2.05) is 0 Å². The van der Waals surface area contributed by atoms with Crippen molar-refractivity contribution in [1.29, 1.82) is 0 Å². The molecular weight excluding hydrogens is 466 g/mol. The van der Waals surface area contributed by atoms with Crippen LogP contribution in [0, 0.1) is 29.6 Å². The molecule has 35 heavy (non-hydrogen) atoms. The highest BCUT2D eigenvalue weighted by atomic mass is 35.5. The molecule has 4 aliphatic carbocycles. The minimum atomic E-state index is -0.110. The summed E-state index contributed by atoms with van der Waals surface area (Å²) >= 11 is 6.28. The van der Waals surface area contributed by atoms with E-state index in [1.165, 1.54) is 45.4 Å². The first kappa shape index (κ1) is 22.8. The number of likely N-dealkylation sites (tertiary alicyclic amines) is 1. The number of aromatic amines is 1. The van der Waals surface area contributed by atoms with Crippen LogP contribution in [0.3, 0.4) is 0 Å². The van der Waals surface area contributed by atoms with Crippen LogP contribution in [0.1, 0.15) is 55.4 Å². The van der Waals surface area contributed by atoms with Crippen molar-refractivity contribution in [1.82, 2.24) is 25.4 Å². The maximum absolute atomic E-state index is 13.1. The number of hydrogen-bond donors (Lipinski definition) is 2. The lowest BCUT2D eigenvalue weighted by Gasteiger charge is -2.54. The average molecular weight is 498 g/mol.